The molecule has 4 rings (SSSR count). The fraction of sp³-hybridized carbons (Fsp3) is 0.0476. The fourth-order valence-corrected chi connectivity index (χ4v) is 3.35. The molecule has 1 aromatic heterocycles. The Hall–Kier alpha value is -4.27. The summed E-state index contributed by atoms with van der Waals surface area (Å²) in [7, 11) is 0. The van der Waals surface area contributed by atoms with Crippen molar-refractivity contribution in [3.63, 3.8) is 0 Å². The van der Waals surface area contributed by atoms with Crippen molar-refractivity contribution in [2.75, 3.05) is 4.90 Å². The largest absolute Gasteiger partial charge is 0.368 e. The van der Waals surface area contributed by atoms with E-state index >= 15 is 0 Å². The predicted octanol–water partition coefficient (Wildman–Crippen LogP) is 1.93. The van der Waals surface area contributed by atoms with Crippen molar-refractivity contribution in [2.24, 2.45) is 5.73 Å². The number of nitrogens with two attached hydrogens (primary N) is 1. The number of aromatic nitrogens is 1. The van der Waals surface area contributed by atoms with Crippen LogP contribution in [0.1, 0.15) is 5.56 Å². The zero-order valence-corrected chi connectivity index (χ0v) is 15.5. The monoisotopic (exact) mass is 406 g/mol. The number of rotatable bonds is 4. The van der Waals surface area contributed by atoms with E-state index in [0.717, 1.165) is 6.07 Å². The van der Waals surface area contributed by atoms with Gasteiger partial charge in [-0.15, -0.1) is 0 Å². The number of fused-ring (bicyclic) bond motifs is 1. The van der Waals surface area contributed by atoms with Gasteiger partial charge in [-0.25, -0.2) is 14.1 Å². The third-order valence-electron chi connectivity index (χ3n) is 4.61. The molecule has 0 bridgehead atoms. The minimum Gasteiger partial charge on any atom is -0.368 e. The maximum absolute atomic E-state index is 13.6. The van der Waals surface area contributed by atoms with E-state index in [2.05, 4.69) is 5.32 Å². The van der Waals surface area contributed by atoms with Crippen LogP contribution in [-0.2, 0) is 20.9 Å². The van der Waals surface area contributed by atoms with Crippen LogP contribution in [0.15, 0.2) is 60.3 Å². The summed E-state index contributed by atoms with van der Waals surface area (Å²) in [5, 5.41) is 2.77. The summed E-state index contributed by atoms with van der Waals surface area (Å²) in [5.41, 5.74) is 6.15. The first-order chi connectivity index (χ1) is 14.3. The predicted molar refractivity (Wildman–Crippen MR) is 107 cm³/mol. The summed E-state index contributed by atoms with van der Waals surface area (Å²) in [6.07, 6.45) is 2.92. The fourth-order valence-electron chi connectivity index (χ4n) is 3.35. The highest BCUT2D eigenvalue weighted by Gasteiger charge is 2.37. The Morgan fingerprint density at radius 3 is 2.60 bits per heavy atom. The van der Waals surface area contributed by atoms with Gasteiger partial charge in [0, 0.05) is 22.7 Å². The zero-order valence-electron chi connectivity index (χ0n) is 15.5. The summed E-state index contributed by atoms with van der Waals surface area (Å²) in [5.74, 6) is -2.94. The maximum Gasteiger partial charge on any atom is 0.335 e. The van der Waals surface area contributed by atoms with Gasteiger partial charge in [-0.3, -0.25) is 19.7 Å². The van der Waals surface area contributed by atoms with E-state index in [4.69, 9.17) is 5.73 Å². The van der Waals surface area contributed by atoms with E-state index in [0.29, 0.717) is 21.4 Å². The van der Waals surface area contributed by atoms with E-state index in [9.17, 15) is 23.6 Å². The van der Waals surface area contributed by atoms with Gasteiger partial charge in [0.2, 0.25) is 5.91 Å². The Morgan fingerprint density at radius 2 is 1.87 bits per heavy atom. The third kappa shape index (κ3) is 3.32. The minimum atomic E-state index is -0.969. The van der Waals surface area contributed by atoms with Gasteiger partial charge in [-0.2, -0.15) is 0 Å². The molecule has 2 heterocycles. The van der Waals surface area contributed by atoms with Crippen molar-refractivity contribution in [3.05, 3.63) is 71.7 Å². The van der Waals surface area contributed by atoms with Crippen molar-refractivity contribution in [1.29, 1.82) is 0 Å². The maximum atomic E-state index is 13.6. The van der Waals surface area contributed by atoms with Crippen molar-refractivity contribution in [1.82, 2.24) is 9.88 Å². The number of nitrogens with zero attached hydrogens (tertiary/aromatic N) is 2. The molecule has 0 aliphatic carbocycles. The number of nitrogens with one attached hydrogen (secondary N) is 1. The van der Waals surface area contributed by atoms with Gasteiger partial charge in [-0.1, -0.05) is 24.3 Å². The number of amides is 5. The SMILES string of the molecule is NC(=O)Cn1cc(C=C2C(=O)NC(=O)N(c3cccc(F)c3)C2=O)c2ccccc21. The number of primary amides is 1. The lowest BCUT2D eigenvalue weighted by atomic mass is 10.1. The molecule has 1 saturated heterocycles. The van der Waals surface area contributed by atoms with Gasteiger partial charge in [0.15, 0.2) is 0 Å². The molecular weight excluding hydrogens is 391 g/mol. The molecule has 3 N–H and O–H groups in total. The summed E-state index contributed by atoms with van der Waals surface area (Å²) in [4.78, 5) is 49.6. The number of hydrogen-bond donors (Lipinski definition) is 2. The van der Waals surface area contributed by atoms with Gasteiger partial charge >= 0.3 is 6.03 Å². The number of barbiturate groups is 1. The molecule has 0 atom stereocenters. The number of imide groups is 2. The number of urea groups is 1. The van der Waals surface area contributed by atoms with Crippen LogP contribution in [0.4, 0.5) is 14.9 Å². The first-order valence-electron chi connectivity index (χ1n) is 8.88. The second-order valence-electron chi connectivity index (χ2n) is 6.63. The second kappa shape index (κ2) is 7.28. The molecule has 1 aliphatic heterocycles. The van der Waals surface area contributed by atoms with Crippen molar-refractivity contribution in [2.45, 2.75) is 6.54 Å². The Balaban J connectivity index is 1.81. The van der Waals surface area contributed by atoms with Gasteiger partial charge < -0.3 is 10.3 Å². The third-order valence-corrected chi connectivity index (χ3v) is 4.61. The van der Waals surface area contributed by atoms with Gasteiger partial charge in [-0.05, 0) is 30.3 Å². The van der Waals surface area contributed by atoms with E-state index < -0.39 is 29.6 Å². The standard InChI is InChI=1S/C21H15FN4O4/c22-13-4-3-5-14(9-13)26-20(29)16(19(28)24-21(26)30)8-12-10-25(11-18(23)27)17-7-2-1-6-15(12)17/h1-10H,11H2,(H2,23,27)(H,24,28,30). The van der Waals surface area contributed by atoms with Crippen LogP contribution in [0, 0.1) is 5.82 Å². The molecule has 0 saturated carbocycles. The number of hydrogen-bond acceptors (Lipinski definition) is 4. The van der Waals surface area contributed by atoms with E-state index in [1.807, 2.05) is 0 Å². The Morgan fingerprint density at radius 1 is 1.10 bits per heavy atom. The second-order valence-corrected chi connectivity index (χ2v) is 6.63. The number of carbonyl (C=O) groups is 4. The lowest BCUT2D eigenvalue weighted by molar-refractivity contribution is -0.122. The smallest absolute Gasteiger partial charge is 0.335 e. The van der Waals surface area contributed by atoms with Crippen molar-refractivity contribution in [3.8, 4) is 0 Å². The molecule has 3 aromatic rings. The molecular formula is C21H15FN4O4. The first-order valence-corrected chi connectivity index (χ1v) is 8.88. The van der Waals surface area contributed by atoms with Crippen LogP contribution in [0.2, 0.25) is 0 Å². The topological polar surface area (TPSA) is 114 Å². The molecule has 8 nitrogen and oxygen atoms in total. The quantitative estimate of drug-likeness (QED) is 0.509. The molecule has 2 aromatic carbocycles. The first kappa shape index (κ1) is 19.1. The number of benzene rings is 2. The van der Waals surface area contributed by atoms with Crippen molar-refractivity contribution >= 4 is 46.4 Å². The minimum absolute atomic E-state index is 0.00735. The molecule has 9 heteroatoms. The average molecular weight is 406 g/mol. The van der Waals surface area contributed by atoms with E-state index in [-0.39, 0.29) is 17.8 Å². The number of carbonyl (C=O) groups excluding carboxylic acids is 4. The number of halogens is 1. The number of anilines is 1. The molecule has 30 heavy (non-hydrogen) atoms. The molecule has 0 spiro atoms. The Bertz CT molecular complexity index is 1260. The molecule has 1 aliphatic rings. The normalized spacial score (nSPS) is 15.7. The lowest BCUT2D eigenvalue weighted by Crippen LogP contribution is -2.54. The highest BCUT2D eigenvalue weighted by atomic mass is 19.1. The van der Waals surface area contributed by atoms with Gasteiger partial charge in [0.1, 0.15) is 17.9 Å². The van der Waals surface area contributed by atoms with Gasteiger partial charge in [0.05, 0.1) is 5.69 Å². The zero-order chi connectivity index (χ0) is 21.4. The molecule has 150 valence electrons. The summed E-state index contributed by atoms with van der Waals surface area (Å²) >= 11 is 0. The highest BCUT2D eigenvalue weighted by molar-refractivity contribution is 6.39. The van der Waals surface area contributed by atoms with Crippen LogP contribution in [0.25, 0.3) is 17.0 Å². The van der Waals surface area contributed by atoms with Crippen LogP contribution in [0.5, 0.6) is 0 Å². The summed E-state index contributed by atoms with van der Waals surface area (Å²) in [6.45, 7) is -0.0856. The Kier molecular flexibility index (Phi) is 4.63. The van der Waals surface area contributed by atoms with Crippen LogP contribution in [0.3, 0.4) is 0 Å². The molecule has 0 radical (unpaired) electrons. The van der Waals surface area contributed by atoms with E-state index in [1.165, 1.54) is 24.3 Å². The molecule has 5 amide bonds. The highest BCUT2D eigenvalue weighted by Crippen LogP contribution is 2.26. The Labute approximate surface area is 169 Å². The van der Waals surface area contributed by atoms with Gasteiger partial charge in [0.25, 0.3) is 11.8 Å². The van der Waals surface area contributed by atoms with Crippen LogP contribution in [-0.4, -0.2) is 28.3 Å². The molecule has 1 fully saturated rings. The number of para-hydroxylation sites is 1. The van der Waals surface area contributed by atoms with Crippen LogP contribution >= 0.6 is 0 Å². The van der Waals surface area contributed by atoms with E-state index in [1.54, 1.807) is 35.0 Å². The molecule has 0 unspecified atom stereocenters. The summed E-state index contributed by atoms with van der Waals surface area (Å²) in [6, 6.07) is 11.0. The van der Waals surface area contributed by atoms with Crippen LogP contribution < -0.4 is 16.0 Å². The average Bonchev–Trinajstić information content (AvgIpc) is 3.02. The lowest BCUT2D eigenvalue weighted by Gasteiger charge is -2.26. The summed E-state index contributed by atoms with van der Waals surface area (Å²) < 4.78 is 15.2. The van der Waals surface area contributed by atoms with Crippen molar-refractivity contribution < 1.29 is 23.6 Å².